The van der Waals surface area contributed by atoms with Gasteiger partial charge in [0.1, 0.15) is 19.3 Å². The molecule has 19 heteroatoms. The minimum atomic E-state index is -4.96. The van der Waals surface area contributed by atoms with E-state index in [9.17, 15) is 43.2 Å². The van der Waals surface area contributed by atoms with Crippen molar-refractivity contribution < 1.29 is 80.2 Å². The van der Waals surface area contributed by atoms with Gasteiger partial charge in [0.05, 0.1) is 26.4 Å². The Kier molecular flexibility index (Phi) is 68.4. The van der Waals surface area contributed by atoms with Crippen molar-refractivity contribution in [3.8, 4) is 0 Å². The normalized spacial score (nSPS) is 14.0. The van der Waals surface area contributed by atoms with E-state index in [0.29, 0.717) is 25.7 Å². The van der Waals surface area contributed by atoms with Gasteiger partial charge in [-0.3, -0.25) is 37.3 Å². The average molecular weight is 1420 g/mol. The van der Waals surface area contributed by atoms with Gasteiger partial charge in [-0.1, -0.05) is 356 Å². The fourth-order valence-electron chi connectivity index (χ4n) is 12.0. The van der Waals surface area contributed by atoms with Crippen molar-refractivity contribution in [3.05, 3.63) is 0 Å². The zero-order valence-corrected chi connectivity index (χ0v) is 65.2. The van der Waals surface area contributed by atoms with Gasteiger partial charge in [0.2, 0.25) is 0 Å². The summed E-state index contributed by atoms with van der Waals surface area (Å²) in [4.78, 5) is 72.8. The largest absolute Gasteiger partial charge is 0.472 e. The van der Waals surface area contributed by atoms with Crippen molar-refractivity contribution in [3.63, 3.8) is 0 Å². The minimum Gasteiger partial charge on any atom is -0.462 e. The topological polar surface area (TPSA) is 237 Å². The third kappa shape index (κ3) is 72.2. The number of unbranched alkanes of at least 4 members (excludes halogenated alkanes) is 47. The van der Waals surface area contributed by atoms with E-state index in [-0.39, 0.29) is 25.7 Å². The van der Waals surface area contributed by atoms with E-state index in [1.807, 2.05) is 0 Å². The van der Waals surface area contributed by atoms with Crippen LogP contribution in [0.15, 0.2) is 0 Å². The Balaban J connectivity index is 5.20. The van der Waals surface area contributed by atoms with Crippen molar-refractivity contribution in [2.45, 2.75) is 426 Å². The SMILES string of the molecule is CCCCCCCCCCCCCCCC(=O)O[C@H](COC(=O)CCCCCCCCCC)COP(=O)(O)OC[C@H](O)COP(=O)(O)OC[C@@H](COC(=O)CCCCCCCCCCCCCCCCC(C)C)OC(=O)CCCCCCCCCCCCCCCCCCC(C)C. The second-order valence-corrected chi connectivity index (χ2v) is 32.0. The van der Waals surface area contributed by atoms with Crippen LogP contribution in [0.1, 0.15) is 408 Å². The number of carbonyl (C=O) groups excluding carboxylic acids is 4. The summed E-state index contributed by atoms with van der Waals surface area (Å²) in [5.74, 6) is -0.505. The third-order valence-electron chi connectivity index (χ3n) is 18.2. The number of aliphatic hydroxyl groups is 1. The molecule has 2 unspecified atom stereocenters. The van der Waals surface area contributed by atoms with Crippen LogP contribution < -0.4 is 0 Å². The zero-order valence-electron chi connectivity index (χ0n) is 63.4. The number of phosphoric ester groups is 2. The highest BCUT2D eigenvalue weighted by Crippen LogP contribution is 2.45. The summed E-state index contributed by atoms with van der Waals surface area (Å²) in [5, 5.41) is 10.6. The number of rotatable bonds is 77. The predicted molar refractivity (Wildman–Crippen MR) is 395 cm³/mol. The van der Waals surface area contributed by atoms with Gasteiger partial charge in [-0.15, -0.1) is 0 Å². The molecule has 0 aromatic rings. The van der Waals surface area contributed by atoms with Crippen LogP contribution in [0.4, 0.5) is 0 Å². The molecule has 0 aliphatic rings. The molecule has 0 aromatic heterocycles. The highest BCUT2D eigenvalue weighted by molar-refractivity contribution is 7.47. The third-order valence-corrected chi connectivity index (χ3v) is 20.1. The Bertz CT molecular complexity index is 1870. The Morgan fingerprint density at radius 1 is 0.278 bits per heavy atom. The highest BCUT2D eigenvalue weighted by Gasteiger charge is 2.30. The molecule has 97 heavy (non-hydrogen) atoms. The van der Waals surface area contributed by atoms with E-state index < -0.39 is 97.5 Å². The average Bonchev–Trinajstić information content (AvgIpc) is 2.34. The van der Waals surface area contributed by atoms with Crippen molar-refractivity contribution in [2.24, 2.45) is 11.8 Å². The van der Waals surface area contributed by atoms with Crippen LogP contribution in [0.25, 0.3) is 0 Å². The van der Waals surface area contributed by atoms with Gasteiger partial charge in [-0.25, -0.2) is 9.13 Å². The summed E-state index contributed by atoms with van der Waals surface area (Å²) in [5.41, 5.74) is 0. The quantitative estimate of drug-likeness (QED) is 0.0222. The summed E-state index contributed by atoms with van der Waals surface area (Å²) < 4.78 is 68.5. The van der Waals surface area contributed by atoms with E-state index in [1.165, 1.54) is 218 Å². The number of hydrogen-bond donors (Lipinski definition) is 3. The van der Waals surface area contributed by atoms with Crippen LogP contribution in [-0.2, 0) is 65.4 Å². The van der Waals surface area contributed by atoms with Crippen LogP contribution >= 0.6 is 15.6 Å². The molecule has 576 valence electrons. The van der Waals surface area contributed by atoms with E-state index in [4.69, 9.17) is 37.0 Å². The van der Waals surface area contributed by atoms with Crippen molar-refractivity contribution >= 4 is 39.5 Å². The van der Waals surface area contributed by atoms with Gasteiger partial charge in [-0.2, -0.15) is 0 Å². The molecule has 0 bridgehead atoms. The van der Waals surface area contributed by atoms with Crippen LogP contribution in [0.2, 0.25) is 0 Å². The first kappa shape index (κ1) is 95.1. The zero-order chi connectivity index (χ0) is 71.4. The van der Waals surface area contributed by atoms with Gasteiger partial charge in [-0.05, 0) is 37.5 Å². The molecule has 0 amide bonds. The summed E-state index contributed by atoms with van der Waals surface area (Å²) in [7, 11) is -9.91. The molecule has 0 rings (SSSR count). The molecule has 0 aliphatic heterocycles. The number of esters is 4. The molecule has 0 spiro atoms. The number of ether oxygens (including phenoxy) is 4. The number of phosphoric acid groups is 2. The Labute approximate surface area is 594 Å². The first-order chi connectivity index (χ1) is 46.9. The summed E-state index contributed by atoms with van der Waals surface area (Å²) >= 11 is 0. The van der Waals surface area contributed by atoms with E-state index in [0.717, 1.165) is 108 Å². The predicted octanol–water partition coefficient (Wildman–Crippen LogP) is 23.1. The Morgan fingerprint density at radius 3 is 0.701 bits per heavy atom. The van der Waals surface area contributed by atoms with Gasteiger partial charge < -0.3 is 33.8 Å². The van der Waals surface area contributed by atoms with Gasteiger partial charge in [0.25, 0.3) is 0 Å². The molecule has 0 aliphatic carbocycles. The first-order valence-corrected chi connectivity index (χ1v) is 43.5. The van der Waals surface area contributed by atoms with E-state index >= 15 is 0 Å². The summed E-state index contributed by atoms with van der Waals surface area (Å²) in [6, 6.07) is 0. The Morgan fingerprint density at radius 2 is 0.474 bits per heavy atom. The van der Waals surface area contributed by atoms with Crippen molar-refractivity contribution in [1.82, 2.24) is 0 Å². The van der Waals surface area contributed by atoms with E-state index in [2.05, 4.69) is 41.5 Å². The lowest BCUT2D eigenvalue weighted by Gasteiger charge is -2.21. The molecular formula is C78H152O17P2. The molecule has 0 radical (unpaired) electrons. The molecule has 5 atom stereocenters. The van der Waals surface area contributed by atoms with Crippen LogP contribution in [0.3, 0.4) is 0 Å². The lowest BCUT2D eigenvalue weighted by molar-refractivity contribution is -0.161. The van der Waals surface area contributed by atoms with Gasteiger partial charge in [0.15, 0.2) is 12.2 Å². The molecule has 0 saturated carbocycles. The lowest BCUT2D eigenvalue weighted by Crippen LogP contribution is -2.30. The fraction of sp³-hybridized carbons (Fsp3) is 0.949. The van der Waals surface area contributed by atoms with Gasteiger partial charge in [0, 0.05) is 25.7 Å². The minimum absolute atomic E-state index is 0.108. The van der Waals surface area contributed by atoms with Crippen molar-refractivity contribution in [1.29, 1.82) is 0 Å². The van der Waals surface area contributed by atoms with Crippen LogP contribution in [0.5, 0.6) is 0 Å². The summed E-state index contributed by atoms with van der Waals surface area (Å²) in [6.07, 6.45) is 58.3. The van der Waals surface area contributed by atoms with Gasteiger partial charge >= 0.3 is 39.5 Å². The van der Waals surface area contributed by atoms with E-state index in [1.54, 1.807) is 0 Å². The number of aliphatic hydroxyl groups excluding tert-OH is 1. The fourth-order valence-corrected chi connectivity index (χ4v) is 13.6. The molecule has 17 nitrogen and oxygen atoms in total. The van der Waals surface area contributed by atoms with Crippen LogP contribution in [-0.4, -0.2) is 96.7 Å². The first-order valence-electron chi connectivity index (χ1n) is 40.5. The number of hydrogen-bond acceptors (Lipinski definition) is 15. The molecule has 0 heterocycles. The standard InChI is InChI=1S/C78H152O17P2/c1-7-9-11-13-15-17-18-25-33-38-44-50-56-62-77(82)94-73(66-88-75(80)60-54-48-42-16-14-12-10-8-2)68-92-96(84,85)90-64-72(79)65-91-97(86,87)93-69-74(67-89-76(81)61-55-49-43-37-32-28-24-23-27-31-36-41-47-53-59-71(5)6)95-78(83)63-57-51-45-39-34-29-22-20-19-21-26-30-35-40-46-52-58-70(3)4/h70-74,79H,7-69H2,1-6H3,(H,84,85)(H,86,87)/t72-,73+,74+/m0/s1. The molecule has 3 N–H and O–H groups in total. The Hall–Kier alpha value is -1.94. The molecule has 0 aromatic carbocycles. The lowest BCUT2D eigenvalue weighted by atomic mass is 10.0. The highest BCUT2D eigenvalue weighted by atomic mass is 31.2. The molecular weight excluding hydrogens is 1270 g/mol. The maximum absolute atomic E-state index is 13.1. The second-order valence-electron chi connectivity index (χ2n) is 29.1. The van der Waals surface area contributed by atoms with Crippen LogP contribution in [0, 0.1) is 11.8 Å². The maximum atomic E-state index is 13.1. The monoisotopic (exact) mass is 1420 g/mol. The molecule has 0 saturated heterocycles. The second kappa shape index (κ2) is 69.8. The smallest absolute Gasteiger partial charge is 0.462 e. The molecule has 0 fully saturated rings. The number of carbonyl (C=O) groups is 4. The summed E-state index contributed by atoms with van der Waals surface area (Å²) in [6.45, 7) is 9.64. The maximum Gasteiger partial charge on any atom is 0.472 e. The van der Waals surface area contributed by atoms with Crippen molar-refractivity contribution in [2.75, 3.05) is 39.6 Å².